The van der Waals surface area contributed by atoms with Crippen LogP contribution in [-0.2, 0) is 14.4 Å². The van der Waals surface area contributed by atoms with Gasteiger partial charge in [-0.05, 0) is 38.5 Å². The summed E-state index contributed by atoms with van der Waals surface area (Å²) in [6.45, 7) is 1.86. The van der Waals surface area contributed by atoms with E-state index in [4.69, 9.17) is 0 Å². The van der Waals surface area contributed by atoms with Crippen LogP contribution >= 0.6 is 0 Å². The van der Waals surface area contributed by atoms with Gasteiger partial charge in [0, 0.05) is 6.04 Å². The second-order valence-corrected chi connectivity index (χ2v) is 6.11. The number of fused-ring (bicyclic) bond motifs is 1. The maximum absolute atomic E-state index is 12.2. The minimum absolute atomic E-state index is 0.123. The van der Waals surface area contributed by atoms with Crippen molar-refractivity contribution in [3.05, 3.63) is 12.2 Å². The molecule has 20 heavy (non-hydrogen) atoms. The van der Waals surface area contributed by atoms with E-state index < -0.39 is 0 Å². The lowest BCUT2D eigenvalue weighted by molar-refractivity contribution is -0.143. The summed E-state index contributed by atoms with van der Waals surface area (Å²) in [5.74, 6) is -0.520. The first-order chi connectivity index (χ1) is 9.58. The van der Waals surface area contributed by atoms with Crippen molar-refractivity contribution in [1.29, 1.82) is 0 Å². The summed E-state index contributed by atoms with van der Waals surface area (Å²) < 4.78 is 0. The van der Waals surface area contributed by atoms with Crippen LogP contribution in [0.3, 0.4) is 0 Å². The fraction of sp³-hybridized carbons (Fsp3) is 0.667. The second kappa shape index (κ2) is 5.04. The van der Waals surface area contributed by atoms with E-state index in [1.54, 1.807) is 0 Å². The molecule has 0 unspecified atom stereocenters. The third-order valence-electron chi connectivity index (χ3n) is 4.62. The predicted molar refractivity (Wildman–Crippen MR) is 72.4 cm³/mol. The standard InChI is InChI=1S/C15H20N2O3/c1-9(10-6-7-10)16-13(18)8-17-14(19)11-4-2-3-5-12(11)15(17)20/h2-3,9-12H,4-8H2,1H3,(H,16,18)/t9-,11-,12+/m0/s1. The molecule has 1 N–H and O–H groups in total. The van der Waals surface area contributed by atoms with Gasteiger partial charge in [0.1, 0.15) is 6.54 Å². The number of allylic oxidation sites excluding steroid dienone is 2. The molecule has 3 aliphatic rings. The van der Waals surface area contributed by atoms with E-state index in [-0.39, 0.29) is 42.1 Å². The molecule has 0 radical (unpaired) electrons. The van der Waals surface area contributed by atoms with Gasteiger partial charge >= 0.3 is 0 Å². The quantitative estimate of drug-likeness (QED) is 0.611. The van der Waals surface area contributed by atoms with Crippen LogP contribution in [0.1, 0.15) is 32.6 Å². The van der Waals surface area contributed by atoms with Crippen molar-refractivity contribution >= 4 is 17.7 Å². The number of hydrogen-bond donors (Lipinski definition) is 1. The average Bonchev–Trinajstić information content (AvgIpc) is 3.25. The fourth-order valence-electron chi connectivity index (χ4n) is 3.18. The zero-order chi connectivity index (χ0) is 14.3. The summed E-state index contributed by atoms with van der Waals surface area (Å²) in [5, 5.41) is 2.89. The number of carbonyl (C=O) groups excluding carboxylic acids is 3. The first-order valence-corrected chi connectivity index (χ1v) is 7.37. The molecule has 0 aromatic rings. The minimum Gasteiger partial charge on any atom is -0.352 e. The maximum atomic E-state index is 12.2. The normalized spacial score (nSPS) is 30.4. The predicted octanol–water partition coefficient (Wildman–Crippen LogP) is 0.852. The van der Waals surface area contributed by atoms with Crippen molar-refractivity contribution in [3.63, 3.8) is 0 Å². The topological polar surface area (TPSA) is 66.5 Å². The van der Waals surface area contributed by atoms with Crippen LogP contribution in [0.25, 0.3) is 0 Å². The van der Waals surface area contributed by atoms with E-state index >= 15 is 0 Å². The number of imide groups is 1. The summed E-state index contributed by atoms with van der Waals surface area (Å²) in [5.41, 5.74) is 0. The number of carbonyl (C=O) groups is 3. The highest BCUT2D eigenvalue weighted by molar-refractivity contribution is 6.07. The summed E-state index contributed by atoms with van der Waals surface area (Å²) in [6.07, 6.45) is 7.44. The van der Waals surface area contributed by atoms with Crippen molar-refractivity contribution in [2.24, 2.45) is 17.8 Å². The Balaban J connectivity index is 1.61. The second-order valence-electron chi connectivity index (χ2n) is 6.11. The molecule has 0 bridgehead atoms. The number of likely N-dealkylation sites (tertiary alicyclic amines) is 1. The van der Waals surface area contributed by atoms with E-state index in [1.807, 2.05) is 19.1 Å². The molecule has 0 aromatic heterocycles. The number of nitrogens with one attached hydrogen (secondary N) is 1. The molecule has 1 saturated heterocycles. The Morgan fingerprint density at radius 2 is 1.80 bits per heavy atom. The molecule has 3 amide bonds. The molecule has 2 aliphatic carbocycles. The van der Waals surface area contributed by atoms with Gasteiger partial charge in [0.2, 0.25) is 17.7 Å². The Bertz CT molecular complexity index is 456. The molecule has 0 spiro atoms. The fourth-order valence-corrected chi connectivity index (χ4v) is 3.18. The van der Waals surface area contributed by atoms with Crippen molar-refractivity contribution in [2.75, 3.05) is 6.54 Å². The van der Waals surface area contributed by atoms with E-state index in [2.05, 4.69) is 5.32 Å². The van der Waals surface area contributed by atoms with E-state index in [0.29, 0.717) is 18.8 Å². The van der Waals surface area contributed by atoms with Crippen LogP contribution in [0.4, 0.5) is 0 Å². The first-order valence-electron chi connectivity index (χ1n) is 7.37. The molecule has 1 heterocycles. The lowest BCUT2D eigenvalue weighted by Crippen LogP contribution is -2.44. The molecule has 1 aliphatic heterocycles. The highest BCUT2D eigenvalue weighted by atomic mass is 16.2. The maximum Gasteiger partial charge on any atom is 0.240 e. The highest BCUT2D eigenvalue weighted by Crippen LogP contribution is 2.35. The highest BCUT2D eigenvalue weighted by Gasteiger charge is 2.47. The monoisotopic (exact) mass is 276 g/mol. The Morgan fingerprint density at radius 3 is 2.30 bits per heavy atom. The molecular weight excluding hydrogens is 256 g/mol. The number of rotatable bonds is 4. The lowest BCUT2D eigenvalue weighted by Gasteiger charge is -2.17. The lowest BCUT2D eigenvalue weighted by atomic mass is 9.85. The Hall–Kier alpha value is -1.65. The van der Waals surface area contributed by atoms with Gasteiger partial charge in [-0.1, -0.05) is 12.2 Å². The van der Waals surface area contributed by atoms with Gasteiger partial charge in [-0.15, -0.1) is 0 Å². The Labute approximate surface area is 118 Å². The molecule has 0 aromatic carbocycles. The van der Waals surface area contributed by atoms with Crippen molar-refractivity contribution in [1.82, 2.24) is 10.2 Å². The van der Waals surface area contributed by atoms with E-state index in [1.165, 1.54) is 0 Å². The SMILES string of the molecule is C[C@H](NC(=O)CN1C(=O)[C@H]2CC=CC[C@H]2C1=O)C1CC1. The van der Waals surface area contributed by atoms with Crippen molar-refractivity contribution in [3.8, 4) is 0 Å². The van der Waals surface area contributed by atoms with Gasteiger partial charge < -0.3 is 5.32 Å². The van der Waals surface area contributed by atoms with Gasteiger partial charge in [0.05, 0.1) is 11.8 Å². The third kappa shape index (κ3) is 2.37. The van der Waals surface area contributed by atoms with Crippen molar-refractivity contribution < 1.29 is 14.4 Å². The summed E-state index contributed by atoms with van der Waals surface area (Å²) >= 11 is 0. The van der Waals surface area contributed by atoms with Crippen LogP contribution in [0.2, 0.25) is 0 Å². The van der Waals surface area contributed by atoms with Gasteiger partial charge in [-0.2, -0.15) is 0 Å². The average molecular weight is 276 g/mol. The molecule has 5 nitrogen and oxygen atoms in total. The molecule has 3 rings (SSSR count). The van der Waals surface area contributed by atoms with Crippen molar-refractivity contribution in [2.45, 2.75) is 38.6 Å². The zero-order valence-corrected chi connectivity index (χ0v) is 11.7. The third-order valence-corrected chi connectivity index (χ3v) is 4.62. The minimum atomic E-state index is -0.249. The summed E-state index contributed by atoms with van der Waals surface area (Å²) in [4.78, 5) is 37.5. The van der Waals surface area contributed by atoms with Crippen LogP contribution in [0, 0.1) is 17.8 Å². The summed E-state index contributed by atoms with van der Waals surface area (Å²) in [7, 11) is 0. The van der Waals surface area contributed by atoms with Gasteiger partial charge in [0.15, 0.2) is 0 Å². The molecule has 108 valence electrons. The Kier molecular flexibility index (Phi) is 3.36. The van der Waals surface area contributed by atoms with Crippen LogP contribution < -0.4 is 5.32 Å². The molecule has 1 saturated carbocycles. The van der Waals surface area contributed by atoms with Gasteiger partial charge in [0.25, 0.3) is 0 Å². The molecule has 5 heteroatoms. The van der Waals surface area contributed by atoms with Crippen LogP contribution in [0.5, 0.6) is 0 Å². The molecule has 2 fully saturated rings. The Morgan fingerprint density at radius 1 is 1.25 bits per heavy atom. The molecule has 3 atom stereocenters. The number of amides is 3. The smallest absolute Gasteiger partial charge is 0.240 e. The summed E-state index contributed by atoms with van der Waals surface area (Å²) in [6, 6.07) is 0.138. The zero-order valence-electron chi connectivity index (χ0n) is 11.7. The van der Waals surface area contributed by atoms with Crippen LogP contribution in [0.15, 0.2) is 12.2 Å². The van der Waals surface area contributed by atoms with Gasteiger partial charge in [-0.3, -0.25) is 19.3 Å². The number of hydrogen-bond acceptors (Lipinski definition) is 3. The number of nitrogens with zero attached hydrogens (tertiary/aromatic N) is 1. The van der Waals surface area contributed by atoms with Gasteiger partial charge in [-0.25, -0.2) is 0 Å². The molecular formula is C15H20N2O3. The first kappa shape index (κ1) is 13.3. The largest absolute Gasteiger partial charge is 0.352 e. The van der Waals surface area contributed by atoms with Crippen LogP contribution in [-0.4, -0.2) is 35.2 Å². The van der Waals surface area contributed by atoms with E-state index in [9.17, 15) is 14.4 Å². The van der Waals surface area contributed by atoms with E-state index in [0.717, 1.165) is 17.7 Å².